The fourth-order valence-corrected chi connectivity index (χ4v) is 2.14. The van der Waals surface area contributed by atoms with Gasteiger partial charge in [0.15, 0.2) is 5.82 Å². The van der Waals surface area contributed by atoms with E-state index in [2.05, 4.69) is 25.3 Å². The lowest BCUT2D eigenvalue weighted by atomic mass is 10.1. The van der Waals surface area contributed by atoms with E-state index in [0.29, 0.717) is 37.0 Å². The van der Waals surface area contributed by atoms with Gasteiger partial charge in [0.25, 0.3) is 5.89 Å². The molecule has 0 radical (unpaired) electrons. The number of nitrogens with one attached hydrogen (secondary N) is 1. The molecule has 0 saturated heterocycles. The van der Waals surface area contributed by atoms with Crippen LogP contribution in [0.2, 0.25) is 0 Å². The van der Waals surface area contributed by atoms with Crippen molar-refractivity contribution in [2.24, 2.45) is 0 Å². The SMILES string of the molecule is CC(C)(C)OC(=O)N1CCC=C(c2nc(-c3ncn[nH]3)no2)C1. The Labute approximate surface area is 132 Å². The highest BCUT2D eigenvalue weighted by atomic mass is 16.6. The molecule has 0 fully saturated rings. The van der Waals surface area contributed by atoms with Crippen LogP contribution in [0.3, 0.4) is 0 Å². The Hall–Kier alpha value is -2.71. The van der Waals surface area contributed by atoms with Crippen LogP contribution in [0.25, 0.3) is 17.2 Å². The van der Waals surface area contributed by atoms with E-state index < -0.39 is 5.60 Å². The summed E-state index contributed by atoms with van der Waals surface area (Å²) in [7, 11) is 0. The normalized spacial score (nSPS) is 15.4. The predicted octanol–water partition coefficient (Wildman–Crippen LogP) is 1.88. The van der Waals surface area contributed by atoms with Gasteiger partial charge < -0.3 is 14.2 Å². The first-order chi connectivity index (χ1) is 10.9. The minimum absolute atomic E-state index is 0.327. The van der Waals surface area contributed by atoms with Crippen molar-refractivity contribution in [2.45, 2.75) is 32.8 Å². The van der Waals surface area contributed by atoms with Gasteiger partial charge in [-0.2, -0.15) is 10.1 Å². The number of H-pyrrole nitrogens is 1. The topological polar surface area (TPSA) is 110 Å². The van der Waals surface area contributed by atoms with Crippen molar-refractivity contribution in [3.63, 3.8) is 0 Å². The second-order valence-electron chi connectivity index (χ2n) is 6.18. The molecule has 1 N–H and O–H groups in total. The number of carbonyl (C=O) groups is 1. The summed E-state index contributed by atoms with van der Waals surface area (Å²) in [6.45, 7) is 6.49. The number of ether oxygens (including phenoxy) is 1. The van der Waals surface area contributed by atoms with E-state index in [1.54, 1.807) is 4.90 Å². The van der Waals surface area contributed by atoms with Gasteiger partial charge in [-0.25, -0.2) is 9.78 Å². The molecule has 0 atom stereocenters. The molecule has 122 valence electrons. The zero-order chi connectivity index (χ0) is 16.4. The average Bonchev–Trinajstić information content (AvgIpc) is 3.17. The van der Waals surface area contributed by atoms with Crippen molar-refractivity contribution in [1.82, 2.24) is 30.2 Å². The smallest absolute Gasteiger partial charge is 0.410 e. The molecule has 0 unspecified atom stereocenters. The van der Waals surface area contributed by atoms with Crippen LogP contribution in [0.4, 0.5) is 4.79 Å². The quantitative estimate of drug-likeness (QED) is 0.900. The third-order valence-electron chi connectivity index (χ3n) is 3.13. The van der Waals surface area contributed by atoms with Crippen LogP contribution in [0.5, 0.6) is 0 Å². The number of hydrogen-bond donors (Lipinski definition) is 1. The van der Waals surface area contributed by atoms with Crippen molar-refractivity contribution < 1.29 is 14.1 Å². The van der Waals surface area contributed by atoms with E-state index in [1.165, 1.54) is 6.33 Å². The number of carbonyl (C=O) groups excluding carboxylic acids is 1. The standard InChI is InChI=1S/C14H18N6O3/c1-14(2,3)22-13(21)20-6-4-5-9(7-20)12-17-11(19-23-12)10-15-8-16-18-10/h5,8H,4,6-7H2,1-3H3,(H,15,16,18). The van der Waals surface area contributed by atoms with Crippen LogP contribution in [-0.4, -0.2) is 55.0 Å². The molecule has 3 heterocycles. The lowest BCUT2D eigenvalue weighted by Gasteiger charge is -2.29. The summed E-state index contributed by atoms with van der Waals surface area (Å²) in [5.74, 6) is 1.12. The molecule has 2 aromatic heterocycles. The summed E-state index contributed by atoms with van der Waals surface area (Å²) < 4.78 is 10.7. The summed E-state index contributed by atoms with van der Waals surface area (Å²) >= 11 is 0. The lowest BCUT2D eigenvalue weighted by molar-refractivity contribution is 0.0272. The zero-order valence-corrected chi connectivity index (χ0v) is 13.2. The minimum atomic E-state index is -0.525. The Kier molecular flexibility index (Phi) is 3.85. The Balaban J connectivity index is 1.72. The number of rotatable bonds is 2. The van der Waals surface area contributed by atoms with Crippen molar-refractivity contribution in [1.29, 1.82) is 0 Å². The number of hydrogen-bond acceptors (Lipinski definition) is 7. The molecule has 0 aromatic carbocycles. The minimum Gasteiger partial charge on any atom is -0.444 e. The zero-order valence-electron chi connectivity index (χ0n) is 13.2. The molecule has 0 saturated carbocycles. The second kappa shape index (κ2) is 5.82. The predicted molar refractivity (Wildman–Crippen MR) is 80.1 cm³/mol. The highest BCUT2D eigenvalue weighted by Crippen LogP contribution is 2.22. The van der Waals surface area contributed by atoms with Crippen molar-refractivity contribution in [2.75, 3.05) is 13.1 Å². The van der Waals surface area contributed by atoms with Crippen molar-refractivity contribution in [3.05, 3.63) is 18.3 Å². The molecule has 23 heavy (non-hydrogen) atoms. The van der Waals surface area contributed by atoms with Gasteiger partial charge in [-0.1, -0.05) is 11.2 Å². The van der Waals surface area contributed by atoms with Crippen LogP contribution < -0.4 is 0 Å². The molecular weight excluding hydrogens is 300 g/mol. The van der Waals surface area contributed by atoms with Gasteiger partial charge >= 0.3 is 6.09 Å². The van der Waals surface area contributed by atoms with Gasteiger partial charge in [-0.05, 0) is 27.2 Å². The first-order valence-electron chi connectivity index (χ1n) is 7.29. The summed E-state index contributed by atoms with van der Waals surface area (Å²) in [4.78, 5) is 22.1. The van der Waals surface area contributed by atoms with Crippen molar-refractivity contribution in [3.8, 4) is 11.6 Å². The molecular formula is C14H18N6O3. The van der Waals surface area contributed by atoms with Crippen LogP contribution in [-0.2, 0) is 4.74 Å². The summed E-state index contributed by atoms with van der Waals surface area (Å²) in [6.07, 6.45) is 3.71. The summed E-state index contributed by atoms with van der Waals surface area (Å²) in [5, 5.41) is 10.3. The van der Waals surface area contributed by atoms with E-state index in [9.17, 15) is 4.79 Å². The largest absolute Gasteiger partial charge is 0.444 e. The third kappa shape index (κ3) is 3.55. The molecule has 1 aliphatic rings. The maximum absolute atomic E-state index is 12.2. The molecule has 9 nitrogen and oxygen atoms in total. The molecule has 0 bridgehead atoms. The number of nitrogens with zero attached hydrogens (tertiary/aromatic N) is 5. The van der Waals surface area contributed by atoms with Crippen LogP contribution in [0.1, 0.15) is 33.1 Å². The number of amides is 1. The van der Waals surface area contributed by atoms with Gasteiger partial charge in [0.2, 0.25) is 5.82 Å². The molecule has 1 amide bonds. The molecule has 2 aromatic rings. The maximum Gasteiger partial charge on any atom is 0.410 e. The highest BCUT2D eigenvalue weighted by molar-refractivity contribution is 5.73. The molecule has 0 spiro atoms. The van der Waals surface area contributed by atoms with Gasteiger partial charge in [0.1, 0.15) is 11.9 Å². The number of aromatic nitrogens is 5. The molecule has 1 aliphatic heterocycles. The second-order valence-corrected chi connectivity index (χ2v) is 6.18. The average molecular weight is 318 g/mol. The molecule has 9 heteroatoms. The van der Waals surface area contributed by atoms with E-state index in [4.69, 9.17) is 9.26 Å². The van der Waals surface area contributed by atoms with Gasteiger partial charge in [0.05, 0.1) is 6.54 Å². The van der Waals surface area contributed by atoms with E-state index >= 15 is 0 Å². The first-order valence-corrected chi connectivity index (χ1v) is 7.29. The fourth-order valence-electron chi connectivity index (χ4n) is 2.14. The Morgan fingerprint density at radius 3 is 2.96 bits per heavy atom. The number of aromatic amines is 1. The van der Waals surface area contributed by atoms with Gasteiger partial charge in [-0.15, -0.1) is 0 Å². The van der Waals surface area contributed by atoms with Crippen molar-refractivity contribution >= 4 is 11.7 Å². The monoisotopic (exact) mass is 318 g/mol. The summed E-state index contributed by atoms with van der Waals surface area (Å²) in [5.41, 5.74) is 0.267. The highest BCUT2D eigenvalue weighted by Gasteiger charge is 2.26. The van der Waals surface area contributed by atoms with Crippen LogP contribution in [0, 0.1) is 0 Å². The van der Waals surface area contributed by atoms with Gasteiger partial charge in [0, 0.05) is 12.1 Å². The molecule has 0 aliphatic carbocycles. The third-order valence-corrected chi connectivity index (χ3v) is 3.13. The van der Waals surface area contributed by atoms with Gasteiger partial charge in [-0.3, -0.25) is 5.10 Å². The fraction of sp³-hybridized carbons (Fsp3) is 0.500. The Morgan fingerprint density at radius 2 is 2.26 bits per heavy atom. The van der Waals surface area contributed by atoms with Crippen LogP contribution in [0.15, 0.2) is 16.9 Å². The summed E-state index contributed by atoms with van der Waals surface area (Å²) in [6, 6.07) is 0. The lowest BCUT2D eigenvalue weighted by Crippen LogP contribution is -2.39. The maximum atomic E-state index is 12.2. The first kappa shape index (κ1) is 15.2. The molecule has 3 rings (SSSR count). The Morgan fingerprint density at radius 1 is 1.43 bits per heavy atom. The van der Waals surface area contributed by atoms with E-state index in [1.807, 2.05) is 26.8 Å². The Bertz CT molecular complexity index is 713. The van der Waals surface area contributed by atoms with Crippen LogP contribution >= 0.6 is 0 Å². The van der Waals surface area contributed by atoms with E-state index in [0.717, 1.165) is 5.57 Å². The van der Waals surface area contributed by atoms with E-state index in [-0.39, 0.29) is 6.09 Å².